The highest BCUT2D eigenvalue weighted by Gasteiger charge is 2.16. The lowest BCUT2D eigenvalue weighted by atomic mass is 10.2. The van der Waals surface area contributed by atoms with Gasteiger partial charge in [0, 0.05) is 9.37 Å². The molecular weight excluding hydrogens is 372 g/mol. The molecule has 1 atom stereocenters. The van der Waals surface area contributed by atoms with Crippen molar-refractivity contribution in [2.75, 3.05) is 5.32 Å². The third kappa shape index (κ3) is 4.30. The van der Waals surface area contributed by atoms with Crippen LogP contribution in [-0.4, -0.2) is 11.2 Å². The highest BCUT2D eigenvalue weighted by atomic mass is 79.9. The van der Waals surface area contributed by atoms with E-state index in [1.54, 1.807) is 6.92 Å². The van der Waals surface area contributed by atoms with Crippen LogP contribution in [0.5, 0.6) is 0 Å². The fourth-order valence-electron chi connectivity index (χ4n) is 1.76. The molecule has 116 valence electrons. The molecule has 0 heterocycles. The number of hydrogen-bond acceptors (Lipinski definition) is 2. The van der Waals surface area contributed by atoms with Crippen molar-refractivity contribution >= 4 is 39.3 Å². The van der Waals surface area contributed by atoms with Crippen molar-refractivity contribution in [1.29, 1.82) is 0 Å². The van der Waals surface area contributed by atoms with Crippen LogP contribution in [0.25, 0.3) is 0 Å². The van der Waals surface area contributed by atoms with Gasteiger partial charge in [0.25, 0.3) is 0 Å². The Bertz CT molecular complexity index is 709. The van der Waals surface area contributed by atoms with Crippen LogP contribution in [0.4, 0.5) is 14.5 Å². The maximum atomic E-state index is 13.2. The van der Waals surface area contributed by atoms with Crippen LogP contribution < -0.4 is 5.32 Å². The van der Waals surface area contributed by atoms with Crippen molar-refractivity contribution in [2.45, 2.75) is 24.0 Å². The van der Waals surface area contributed by atoms with Crippen LogP contribution in [0.2, 0.25) is 0 Å². The molecule has 6 heteroatoms. The molecule has 0 aliphatic rings. The molecule has 0 unspecified atom stereocenters. The molecule has 2 aromatic carbocycles. The third-order valence-electron chi connectivity index (χ3n) is 2.96. The third-order valence-corrected chi connectivity index (χ3v) is 4.71. The van der Waals surface area contributed by atoms with Crippen LogP contribution in [-0.2, 0) is 4.79 Å². The number of carbonyl (C=O) groups is 1. The lowest BCUT2D eigenvalue weighted by molar-refractivity contribution is -0.115. The van der Waals surface area contributed by atoms with Crippen LogP contribution >= 0.6 is 27.7 Å². The minimum absolute atomic E-state index is 0.209. The summed E-state index contributed by atoms with van der Waals surface area (Å²) in [5, 5.41) is 2.36. The normalized spacial score (nSPS) is 12.0. The Labute approximate surface area is 140 Å². The van der Waals surface area contributed by atoms with E-state index in [1.165, 1.54) is 17.8 Å². The molecule has 0 aliphatic heterocycles. The molecule has 2 rings (SSSR count). The molecule has 0 bridgehead atoms. The van der Waals surface area contributed by atoms with Gasteiger partial charge >= 0.3 is 0 Å². The summed E-state index contributed by atoms with van der Waals surface area (Å²) in [7, 11) is 0. The summed E-state index contributed by atoms with van der Waals surface area (Å²) in [5.74, 6) is -2.02. The van der Waals surface area contributed by atoms with Gasteiger partial charge in [0.05, 0.1) is 10.9 Å². The topological polar surface area (TPSA) is 29.1 Å². The van der Waals surface area contributed by atoms with Gasteiger partial charge in [0.2, 0.25) is 5.91 Å². The monoisotopic (exact) mass is 385 g/mol. The molecule has 2 aromatic rings. The van der Waals surface area contributed by atoms with Gasteiger partial charge in [0.1, 0.15) is 0 Å². The minimum Gasteiger partial charge on any atom is -0.324 e. The van der Waals surface area contributed by atoms with E-state index in [1.807, 2.05) is 25.1 Å². The summed E-state index contributed by atoms with van der Waals surface area (Å²) in [6.45, 7) is 3.67. The van der Waals surface area contributed by atoms with Crippen LogP contribution in [0, 0.1) is 18.6 Å². The zero-order valence-corrected chi connectivity index (χ0v) is 14.4. The summed E-state index contributed by atoms with van der Waals surface area (Å²) in [6.07, 6.45) is 0. The number of benzene rings is 2. The molecule has 0 aromatic heterocycles. The first-order valence-corrected chi connectivity index (χ1v) is 8.23. The van der Waals surface area contributed by atoms with Gasteiger partial charge in [0.15, 0.2) is 11.6 Å². The van der Waals surface area contributed by atoms with Gasteiger partial charge < -0.3 is 5.32 Å². The quantitative estimate of drug-likeness (QED) is 0.736. The van der Waals surface area contributed by atoms with E-state index in [2.05, 4.69) is 21.2 Å². The Morgan fingerprint density at radius 3 is 2.55 bits per heavy atom. The van der Waals surface area contributed by atoms with Crippen molar-refractivity contribution in [3.63, 3.8) is 0 Å². The summed E-state index contributed by atoms with van der Waals surface area (Å²) >= 11 is 4.57. The Balaban J connectivity index is 2.04. The number of thioether (sulfide) groups is 1. The van der Waals surface area contributed by atoms with E-state index >= 15 is 0 Å². The zero-order chi connectivity index (χ0) is 16.3. The number of carbonyl (C=O) groups excluding carboxylic acids is 1. The number of aryl methyl sites for hydroxylation is 1. The van der Waals surface area contributed by atoms with Gasteiger partial charge in [-0.1, -0.05) is 6.07 Å². The van der Waals surface area contributed by atoms with Gasteiger partial charge in [-0.25, -0.2) is 8.78 Å². The summed E-state index contributed by atoms with van der Waals surface area (Å²) < 4.78 is 26.9. The van der Waals surface area contributed by atoms with E-state index in [4.69, 9.17) is 0 Å². The van der Waals surface area contributed by atoms with Gasteiger partial charge in [-0.2, -0.15) is 0 Å². The number of amides is 1. The molecule has 0 spiro atoms. The summed E-state index contributed by atoms with van der Waals surface area (Å²) in [5.41, 5.74) is 1.75. The number of halogens is 3. The highest BCUT2D eigenvalue weighted by Crippen LogP contribution is 2.28. The molecule has 2 nitrogen and oxygen atoms in total. The van der Waals surface area contributed by atoms with Gasteiger partial charge in [-0.05, 0) is 65.7 Å². The van der Waals surface area contributed by atoms with Crippen molar-refractivity contribution in [1.82, 2.24) is 0 Å². The predicted molar refractivity (Wildman–Crippen MR) is 89.2 cm³/mol. The lowest BCUT2D eigenvalue weighted by Gasteiger charge is -2.13. The largest absolute Gasteiger partial charge is 0.324 e. The first kappa shape index (κ1) is 17.0. The molecule has 0 saturated carbocycles. The molecule has 1 amide bonds. The fraction of sp³-hybridized carbons (Fsp3) is 0.188. The maximum absolute atomic E-state index is 13.2. The van der Waals surface area contributed by atoms with E-state index in [0.717, 1.165) is 22.2 Å². The molecule has 1 N–H and O–H groups in total. The fourth-order valence-corrected chi connectivity index (χ4v) is 3.25. The number of nitrogens with one attached hydrogen (secondary N) is 1. The van der Waals surface area contributed by atoms with Gasteiger partial charge in [-0.15, -0.1) is 11.8 Å². The SMILES string of the molecule is Cc1ccc(NC(=O)[C@H](C)Sc2ccc(F)c(F)c2)c(Br)c1. The Morgan fingerprint density at radius 1 is 1.18 bits per heavy atom. The van der Waals surface area contributed by atoms with Crippen molar-refractivity contribution in [2.24, 2.45) is 0 Å². The van der Waals surface area contributed by atoms with E-state index in [-0.39, 0.29) is 5.91 Å². The highest BCUT2D eigenvalue weighted by molar-refractivity contribution is 9.10. The van der Waals surface area contributed by atoms with E-state index in [0.29, 0.717) is 10.6 Å². The first-order valence-electron chi connectivity index (χ1n) is 6.55. The van der Waals surface area contributed by atoms with Crippen molar-refractivity contribution in [3.05, 3.63) is 58.1 Å². The number of anilines is 1. The Morgan fingerprint density at radius 2 is 1.91 bits per heavy atom. The first-order chi connectivity index (χ1) is 10.4. The van der Waals surface area contributed by atoms with Crippen LogP contribution in [0.15, 0.2) is 45.8 Å². The molecule has 22 heavy (non-hydrogen) atoms. The molecule has 0 fully saturated rings. The molecule has 0 saturated heterocycles. The number of hydrogen-bond donors (Lipinski definition) is 1. The predicted octanol–water partition coefficient (Wildman–Crippen LogP) is 5.16. The lowest BCUT2D eigenvalue weighted by Crippen LogP contribution is -2.22. The van der Waals surface area contributed by atoms with Crippen LogP contribution in [0.3, 0.4) is 0 Å². The smallest absolute Gasteiger partial charge is 0.237 e. The minimum atomic E-state index is -0.918. The van der Waals surface area contributed by atoms with Crippen LogP contribution in [0.1, 0.15) is 12.5 Å². The standard InChI is InChI=1S/C16H14BrF2NOS/c1-9-3-6-15(12(17)7-9)20-16(21)10(2)22-11-4-5-13(18)14(19)8-11/h3-8,10H,1-2H3,(H,20,21)/t10-/m0/s1. The van der Waals surface area contributed by atoms with Crippen molar-refractivity contribution < 1.29 is 13.6 Å². The Hall–Kier alpha value is -1.40. The second-order valence-electron chi connectivity index (χ2n) is 4.81. The van der Waals surface area contributed by atoms with E-state index in [9.17, 15) is 13.6 Å². The second-order valence-corrected chi connectivity index (χ2v) is 7.08. The second kappa shape index (κ2) is 7.24. The summed E-state index contributed by atoms with van der Waals surface area (Å²) in [4.78, 5) is 12.7. The zero-order valence-electron chi connectivity index (χ0n) is 12.0. The van der Waals surface area contributed by atoms with Gasteiger partial charge in [-0.3, -0.25) is 4.79 Å². The molecular formula is C16H14BrF2NOS. The van der Waals surface area contributed by atoms with Crippen molar-refractivity contribution in [3.8, 4) is 0 Å². The molecule has 0 radical (unpaired) electrons. The molecule has 0 aliphatic carbocycles. The van der Waals surface area contributed by atoms with E-state index < -0.39 is 16.9 Å². The Kier molecular flexibility index (Phi) is 5.58. The summed E-state index contributed by atoms with van der Waals surface area (Å²) in [6, 6.07) is 9.21. The average Bonchev–Trinajstić information content (AvgIpc) is 2.45. The maximum Gasteiger partial charge on any atom is 0.237 e. The average molecular weight is 386 g/mol. The number of rotatable bonds is 4.